The summed E-state index contributed by atoms with van der Waals surface area (Å²) < 4.78 is 5.15. The first kappa shape index (κ1) is 13.4. The third kappa shape index (κ3) is 3.98. The largest absolute Gasteiger partial charge is 0.497 e. The monoisotopic (exact) mass is 258 g/mol. The molecule has 1 aromatic carbocycles. The summed E-state index contributed by atoms with van der Waals surface area (Å²) in [6, 6.07) is 8.00. The molecule has 0 spiro atoms. The van der Waals surface area contributed by atoms with Crippen LogP contribution >= 0.6 is 0 Å². The van der Waals surface area contributed by atoms with Crippen molar-refractivity contribution in [2.24, 2.45) is 5.92 Å². The average Bonchev–Trinajstić information content (AvgIpc) is 3.23. The fraction of sp³-hybridized carbons (Fsp3) is 0.312. The number of hydrogen-bond acceptors (Lipinski definition) is 2. The fourth-order valence-corrected chi connectivity index (χ4v) is 1.99. The van der Waals surface area contributed by atoms with Gasteiger partial charge in [0, 0.05) is 0 Å². The molecule has 0 aromatic heterocycles. The molecular weight excluding hydrogens is 240 g/mol. The van der Waals surface area contributed by atoms with E-state index in [1.807, 2.05) is 36.4 Å². The molecule has 1 aliphatic carbocycles. The zero-order valence-electron chi connectivity index (χ0n) is 11.0. The molecule has 0 unspecified atom stereocenters. The summed E-state index contributed by atoms with van der Waals surface area (Å²) >= 11 is 0. The van der Waals surface area contributed by atoms with E-state index in [4.69, 9.17) is 9.84 Å². The lowest BCUT2D eigenvalue weighted by Crippen LogP contribution is -1.90. The first-order valence-electron chi connectivity index (χ1n) is 6.43. The molecule has 0 atom stereocenters. The Morgan fingerprint density at radius 3 is 2.58 bits per heavy atom. The van der Waals surface area contributed by atoms with Crippen LogP contribution in [0.4, 0.5) is 0 Å². The molecule has 0 bridgehead atoms. The van der Waals surface area contributed by atoms with Crippen molar-refractivity contribution in [3.8, 4) is 5.75 Å². The Balaban J connectivity index is 2.12. The Morgan fingerprint density at radius 1 is 1.37 bits per heavy atom. The topological polar surface area (TPSA) is 46.5 Å². The van der Waals surface area contributed by atoms with E-state index in [1.165, 1.54) is 24.0 Å². The Hall–Kier alpha value is -2.03. The summed E-state index contributed by atoms with van der Waals surface area (Å²) in [7, 11) is 1.65. The summed E-state index contributed by atoms with van der Waals surface area (Å²) in [5, 5.41) is 8.59. The second kappa shape index (κ2) is 6.23. The van der Waals surface area contributed by atoms with E-state index < -0.39 is 5.97 Å². The van der Waals surface area contributed by atoms with Crippen LogP contribution in [0.5, 0.6) is 5.75 Å². The van der Waals surface area contributed by atoms with Gasteiger partial charge in [-0.15, -0.1) is 0 Å². The van der Waals surface area contributed by atoms with Crippen molar-refractivity contribution in [3.05, 3.63) is 48.1 Å². The normalized spacial score (nSPS) is 15.7. The minimum absolute atomic E-state index is 0.0665. The maximum Gasteiger partial charge on any atom is 0.307 e. The van der Waals surface area contributed by atoms with E-state index >= 15 is 0 Å². The van der Waals surface area contributed by atoms with Crippen LogP contribution in [0, 0.1) is 5.92 Å². The van der Waals surface area contributed by atoms with Crippen LogP contribution in [0.1, 0.15) is 24.8 Å². The molecule has 1 fully saturated rings. The fourth-order valence-electron chi connectivity index (χ4n) is 1.99. The second-order valence-corrected chi connectivity index (χ2v) is 4.65. The van der Waals surface area contributed by atoms with Gasteiger partial charge in [0.05, 0.1) is 13.5 Å². The summed E-state index contributed by atoms with van der Waals surface area (Å²) in [5.74, 6) is 0.658. The number of aliphatic carboxylic acids is 1. The van der Waals surface area contributed by atoms with Crippen LogP contribution in [0.3, 0.4) is 0 Å². The zero-order valence-corrected chi connectivity index (χ0v) is 11.0. The SMILES string of the molecule is COc1ccc(/C(=C\C=C\CC(=O)O)C2CC2)cc1. The molecule has 100 valence electrons. The number of carboxylic acid groups (broad SMARTS) is 1. The van der Waals surface area contributed by atoms with Crippen LogP contribution < -0.4 is 4.74 Å². The van der Waals surface area contributed by atoms with Crippen molar-refractivity contribution >= 4 is 11.5 Å². The van der Waals surface area contributed by atoms with Gasteiger partial charge < -0.3 is 9.84 Å². The number of benzene rings is 1. The molecule has 3 heteroatoms. The molecule has 0 heterocycles. The standard InChI is InChI=1S/C16H18O3/c1-19-14-10-8-13(9-11-14)15(12-6-7-12)4-2-3-5-16(17)18/h2-4,8-12H,5-7H2,1H3,(H,17,18)/b3-2+,15-4-. The Labute approximate surface area is 113 Å². The van der Waals surface area contributed by atoms with Gasteiger partial charge in [0.15, 0.2) is 0 Å². The van der Waals surface area contributed by atoms with Gasteiger partial charge in [0.25, 0.3) is 0 Å². The molecule has 0 aliphatic heterocycles. The van der Waals surface area contributed by atoms with Crippen LogP contribution in [0.15, 0.2) is 42.5 Å². The average molecular weight is 258 g/mol. The van der Waals surface area contributed by atoms with Crippen molar-refractivity contribution in [2.45, 2.75) is 19.3 Å². The predicted molar refractivity (Wildman–Crippen MR) is 75.1 cm³/mol. The van der Waals surface area contributed by atoms with Crippen molar-refractivity contribution in [1.29, 1.82) is 0 Å². The third-order valence-electron chi connectivity index (χ3n) is 3.14. The Kier molecular flexibility index (Phi) is 4.39. The van der Waals surface area contributed by atoms with Gasteiger partial charge in [0.1, 0.15) is 5.75 Å². The highest BCUT2D eigenvalue weighted by Gasteiger charge is 2.26. The summed E-state index contributed by atoms with van der Waals surface area (Å²) in [5.41, 5.74) is 2.47. The van der Waals surface area contributed by atoms with E-state index in [2.05, 4.69) is 0 Å². The number of carbonyl (C=O) groups is 1. The van der Waals surface area contributed by atoms with Crippen LogP contribution in [0.25, 0.3) is 5.57 Å². The van der Waals surface area contributed by atoms with Gasteiger partial charge in [-0.25, -0.2) is 0 Å². The molecule has 0 saturated heterocycles. The van der Waals surface area contributed by atoms with Gasteiger partial charge in [-0.2, -0.15) is 0 Å². The van der Waals surface area contributed by atoms with Crippen LogP contribution in [0.2, 0.25) is 0 Å². The first-order valence-corrected chi connectivity index (χ1v) is 6.43. The Bertz CT molecular complexity index is 493. The maximum absolute atomic E-state index is 10.4. The molecule has 1 aromatic rings. The van der Waals surface area contributed by atoms with Crippen molar-refractivity contribution in [2.75, 3.05) is 7.11 Å². The van der Waals surface area contributed by atoms with Gasteiger partial charge in [-0.3, -0.25) is 4.79 Å². The minimum Gasteiger partial charge on any atom is -0.497 e. The summed E-state index contributed by atoms with van der Waals surface area (Å²) in [6.45, 7) is 0. The molecule has 1 aliphatic rings. The van der Waals surface area contributed by atoms with E-state index in [-0.39, 0.29) is 6.42 Å². The molecule has 19 heavy (non-hydrogen) atoms. The van der Waals surface area contributed by atoms with Gasteiger partial charge in [-0.05, 0) is 42.0 Å². The molecular formula is C16H18O3. The van der Waals surface area contributed by atoms with Gasteiger partial charge in [-0.1, -0.05) is 30.4 Å². The van der Waals surface area contributed by atoms with Crippen molar-refractivity contribution in [1.82, 2.24) is 0 Å². The van der Waals surface area contributed by atoms with Gasteiger partial charge in [0.2, 0.25) is 0 Å². The molecule has 0 amide bonds. The van der Waals surface area contributed by atoms with E-state index in [0.29, 0.717) is 5.92 Å². The number of rotatable bonds is 6. The molecule has 1 N–H and O–H groups in total. The molecule has 3 nitrogen and oxygen atoms in total. The Morgan fingerprint density at radius 2 is 2.05 bits per heavy atom. The first-order chi connectivity index (χ1) is 9.20. The minimum atomic E-state index is -0.804. The summed E-state index contributed by atoms with van der Waals surface area (Å²) in [4.78, 5) is 10.4. The number of ether oxygens (including phenoxy) is 1. The van der Waals surface area contributed by atoms with Gasteiger partial charge >= 0.3 is 5.97 Å². The van der Waals surface area contributed by atoms with Crippen LogP contribution in [-0.4, -0.2) is 18.2 Å². The third-order valence-corrected chi connectivity index (χ3v) is 3.14. The maximum atomic E-state index is 10.4. The van der Waals surface area contributed by atoms with E-state index in [1.54, 1.807) is 13.2 Å². The number of hydrogen-bond donors (Lipinski definition) is 1. The molecule has 1 saturated carbocycles. The highest BCUT2D eigenvalue weighted by molar-refractivity contribution is 5.72. The quantitative estimate of drug-likeness (QED) is 0.794. The smallest absolute Gasteiger partial charge is 0.307 e. The highest BCUT2D eigenvalue weighted by Crippen LogP contribution is 2.42. The predicted octanol–water partition coefficient (Wildman–Crippen LogP) is 3.52. The number of methoxy groups -OCH3 is 1. The van der Waals surface area contributed by atoms with Crippen LogP contribution in [-0.2, 0) is 4.79 Å². The zero-order chi connectivity index (χ0) is 13.7. The lowest BCUT2D eigenvalue weighted by molar-refractivity contribution is -0.136. The number of allylic oxidation sites excluding steroid dienone is 3. The lowest BCUT2D eigenvalue weighted by atomic mass is 10.0. The van der Waals surface area contributed by atoms with E-state index in [0.717, 1.165) is 5.75 Å². The van der Waals surface area contributed by atoms with Crippen molar-refractivity contribution < 1.29 is 14.6 Å². The second-order valence-electron chi connectivity index (χ2n) is 4.65. The van der Waals surface area contributed by atoms with Crippen molar-refractivity contribution in [3.63, 3.8) is 0 Å². The number of carboxylic acids is 1. The molecule has 2 rings (SSSR count). The lowest BCUT2D eigenvalue weighted by Gasteiger charge is -2.06. The molecule has 0 radical (unpaired) electrons. The highest BCUT2D eigenvalue weighted by atomic mass is 16.5. The van der Waals surface area contributed by atoms with E-state index in [9.17, 15) is 4.79 Å². The summed E-state index contributed by atoms with van der Waals surface area (Å²) in [6.07, 6.45) is 8.04.